The molecular weight excluding hydrogens is 564 g/mol. The fourth-order valence-corrected chi connectivity index (χ4v) is 5.26. The summed E-state index contributed by atoms with van der Waals surface area (Å²) in [4.78, 5) is 17.7. The van der Waals surface area contributed by atoms with E-state index in [1.807, 2.05) is 6.92 Å². The van der Waals surface area contributed by atoms with Crippen molar-refractivity contribution in [1.82, 2.24) is 20.5 Å². The van der Waals surface area contributed by atoms with Crippen molar-refractivity contribution in [2.24, 2.45) is 0 Å². The average molecular weight is 595 g/mol. The van der Waals surface area contributed by atoms with Gasteiger partial charge in [-0.05, 0) is 74.2 Å². The van der Waals surface area contributed by atoms with E-state index in [1.54, 1.807) is 32.0 Å². The van der Waals surface area contributed by atoms with Crippen molar-refractivity contribution < 1.29 is 31.8 Å². The first-order valence-corrected chi connectivity index (χ1v) is 14.3. The highest BCUT2D eigenvalue weighted by atomic mass is 19.4. The molecule has 6 rings (SSSR count). The van der Waals surface area contributed by atoms with E-state index in [-0.39, 0.29) is 29.0 Å². The summed E-state index contributed by atoms with van der Waals surface area (Å²) in [6.45, 7) is 4.96. The van der Waals surface area contributed by atoms with Gasteiger partial charge in [0.25, 0.3) is 5.91 Å². The maximum Gasteiger partial charge on any atom is 0.398 e. The topological polar surface area (TPSA) is 86.2 Å². The zero-order chi connectivity index (χ0) is 30.5. The van der Waals surface area contributed by atoms with Crippen LogP contribution in [-0.2, 0) is 6.42 Å². The summed E-state index contributed by atoms with van der Waals surface area (Å²) in [5.74, 6) is -2.59. The Labute approximate surface area is 245 Å². The lowest BCUT2D eigenvalue weighted by Crippen LogP contribution is -2.35. The van der Waals surface area contributed by atoms with E-state index in [1.165, 1.54) is 24.3 Å². The van der Waals surface area contributed by atoms with E-state index < -0.39 is 30.4 Å². The number of ether oxygens (including phenoxy) is 2. The third-order valence-corrected chi connectivity index (χ3v) is 7.81. The van der Waals surface area contributed by atoms with E-state index in [4.69, 9.17) is 9.47 Å². The highest BCUT2D eigenvalue weighted by Gasteiger charge is 2.43. The van der Waals surface area contributed by atoms with Gasteiger partial charge in [-0.2, -0.15) is 18.3 Å². The van der Waals surface area contributed by atoms with Crippen LogP contribution in [0.4, 0.5) is 17.6 Å². The summed E-state index contributed by atoms with van der Waals surface area (Å²) in [7, 11) is 0. The van der Waals surface area contributed by atoms with Gasteiger partial charge in [-0.3, -0.25) is 4.79 Å². The number of alkyl halides is 3. The van der Waals surface area contributed by atoms with E-state index in [0.29, 0.717) is 57.8 Å². The Bertz CT molecular complexity index is 1720. The second-order valence-electron chi connectivity index (χ2n) is 11.2. The van der Waals surface area contributed by atoms with Crippen molar-refractivity contribution in [3.63, 3.8) is 0 Å². The molecule has 43 heavy (non-hydrogen) atoms. The first-order chi connectivity index (χ1) is 20.5. The molecule has 0 bridgehead atoms. The number of aryl methyl sites for hydroxylation is 2. The lowest BCUT2D eigenvalue weighted by atomic mass is 9.94. The molecule has 2 aliphatic rings. The summed E-state index contributed by atoms with van der Waals surface area (Å²) in [5, 5.41) is 11.3. The third-order valence-electron chi connectivity index (χ3n) is 7.81. The van der Waals surface area contributed by atoms with Crippen LogP contribution >= 0.6 is 0 Å². The molecule has 4 aromatic rings. The quantitative estimate of drug-likeness (QED) is 0.226. The number of benzene rings is 2. The van der Waals surface area contributed by atoms with Crippen molar-refractivity contribution in [3.8, 4) is 22.8 Å². The van der Waals surface area contributed by atoms with E-state index in [2.05, 4.69) is 20.5 Å². The Balaban J connectivity index is 1.34. The molecule has 1 N–H and O–H groups in total. The molecule has 0 spiro atoms. The maximum absolute atomic E-state index is 14.6. The first-order valence-electron chi connectivity index (χ1n) is 14.3. The van der Waals surface area contributed by atoms with E-state index in [9.17, 15) is 22.4 Å². The van der Waals surface area contributed by atoms with E-state index in [0.717, 1.165) is 12.8 Å². The predicted molar refractivity (Wildman–Crippen MR) is 152 cm³/mol. The van der Waals surface area contributed by atoms with Crippen molar-refractivity contribution in [3.05, 3.63) is 76.4 Å². The Morgan fingerprint density at radius 2 is 1.93 bits per heavy atom. The van der Waals surface area contributed by atoms with Crippen LogP contribution in [0.5, 0.6) is 11.5 Å². The molecule has 3 heterocycles. The zero-order valence-corrected chi connectivity index (χ0v) is 23.9. The average Bonchev–Trinajstić information content (AvgIpc) is 3.71. The molecule has 1 saturated carbocycles. The molecule has 2 aromatic carbocycles. The second-order valence-corrected chi connectivity index (χ2v) is 11.2. The van der Waals surface area contributed by atoms with Gasteiger partial charge >= 0.3 is 6.18 Å². The van der Waals surface area contributed by atoms with Gasteiger partial charge in [0.15, 0.2) is 0 Å². The smallest absolute Gasteiger partial charge is 0.398 e. The highest BCUT2D eigenvalue weighted by molar-refractivity contribution is 5.99. The molecule has 0 saturated heterocycles. The summed E-state index contributed by atoms with van der Waals surface area (Å²) < 4.78 is 69.7. The lowest BCUT2D eigenvalue weighted by molar-refractivity contribution is -0.149. The van der Waals surface area contributed by atoms with Crippen LogP contribution in [0.1, 0.15) is 71.4 Å². The summed E-state index contributed by atoms with van der Waals surface area (Å²) >= 11 is 0. The van der Waals surface area contributed by atoms with Gasteiger partial charge in [-0.25, -0.2) is 9.37 Å². The number of carbonyl (C=O) groups is 1. The molecule has 2 unspecified atom stereocenters. The van der Waals surface area contributed by atoms with Crippen LogP contribution < -0.4 is 14.8 Å². The molecule has 1 amide bonds. The molecule has 1 aliphatic carbocycles. The molecule has 2 aromatic heterocycles. The standard InChI is InChI=1S/C32H30F4N4O3/c1-4-18-10-19(5-8-25(18)33)29-30-23(16(2)15-42-30)13-26(38-29)24(32(34,35)36)14-37-31(41)21-11-20-9-17(3)39-40-28(20)27(12-21)43-22-6-7-22/h5,8-13,16,22,24H,4,6-7,14-15H2,1-3H3,(H,37,41). The largest absolute Gasteiger partial charge is 0.490 e. The first kappa shape index (κ1) is 28.8. The number of carbonyl (C=O) groups excluding carboxylic acids is 1. The van der Waals surface area contributed by atoms with Crippen molar-refractivity contribution >= 4 is 16.8 Å². The molecule has 224 valence electrons. The molecular formula is C32H30F4N4O3. The summed E-state index contributed by atoms with van der Waals surface area (Å²) in [5.41, 5.74) is 2.72. The Hall–Kier alpha value is -4.28. The zero-order valence-electron chi connectivity index (χ0n) is 23.9. The fraction of sp³-hybridized carbons (Fsp3) is 0.375. The predicted octanol–water partition coefficient (Wildman–Crippen LogP) is 6.81. The van der Waals surface area contributed by atoms with Crippen molar-refractivity contribution in [1.29, 1.82) is 0 Å². The fourth-order valence-electron chi connectivity index (χ4n) is 5.26. The monoisotopic (exact) mass is 594 g/mol. The van der Waals surface area contributed by atoms with Crippen LogP contribution in [-0.4, -0.2) is 46.5 Å². The van der Waals surface area contributed by atoms with Crippen LogP contribution in [0.15, 0.2) is 42.5 Å². The van der Waals surface area contributed by atoms with Crippen LogP contribution in [0.3, 0.4) is 0 Å². The molecule has 1 fully saturated rings. The number of hydrogen-bond donors (Lipinski definition) is 1. The number of rotatable bonds is 8. The number of pyridine rings is 1. The molecule has 7 nitrogen and oxygen atoms in total. The molecule has 2 atom stereocenters. The van der Waals surface area contributed by atoms with Gasteiger partial charge in [0.1, 0.15) is 34.4 Å². The Morgan fingerprint density at radius 1 is 1.14 bits per heavy atom. The van der Waals surface area contributed by atoms with Crippen LogP contribution in [0, 0.1) is 12.7 Å². The number of halogens is 4. The van der Waals surface area contributed by atoms with Gasteiger partial charge < -0.3 is 14.8 Å². The van der Waals surface area contributed by atoms with Gasteiger partial charge in [0, 0.05) is 34.5 Å². The third kappa shape index (κ3) is 5.85. The lowest BCUT2D eigenvalue weighted by Gasteiger charge is -2.22. The SMILES string of the molecule is CCc1cc(-c2nc(C(CNC(=O)c3cc(OC4CC4)c4nnc(C)cc4c3)C(F)(F)F)cc3c2OCC3C)ccc1F. The minimum absolute atomic E-state index is 0.0141. The molecule has 1 aliphatic heterocycles. The maximum atomic E-state index is 14.6. The number of aromatic nitrogens is 3. The number of amides is 1. The van der Waals surface area contributed by atoms with E-state index >= 15 is 0 Å². The molecule has 0 radical (unpaired) electrons. The minimum Gasteiger partial charge on any atom is -0.490 e. The van der Waals surface area contributed by atoms with Gasteiger partial charge in [0.05, 0.1) is 24.1 Å². The second kappa shape index (κ2) is 11.1. The van der Waals surface area contributed by atoms with Crippen molar-refractivity contribution in [2.45, 2.75) is 64.1 Å². The number of hydrogen-bond acceptors (Lipinski definition) is 6. The minimum atomic E-state index is -4.72. The Kier molecular flexibility index (Phi) is 7.43. The normalized spacial score (nSPS) is 17.0. The molecule has 11 heteroatoms. The number of nitrogens with one attached hydrogen (secondary N) is 1. The highest BCUT2D eigenvalue weighted by Crippen LogP contribution is 2.44. The van der Waals surface area contributed by atoms with Gasteiger partial charge in [-0.15, -0.1) is 5.10 Å². The summed E-state index contributed by atoms with van der Waals surface area (Å²) in [6.07, 6.45) is -2.55. The number of fused-ring (bicyclic) bond motifs is 2. The van der Waals surface area contributed by atoms with Gasteiger partial charge in [0.2, 0.25) is 0 Å². The number of nitrogens with zero attached hydrogens (tertiary/aromatic N) is 3. The van der Waals surface area contributed by atoms with Crippen molar-refractivity contribution in [2.75, 3.05) is 13.2 Å². The van der Waals surface area contributed by atoms with Crippen LogP contribution in [0.25, 0.3) is 22.2 Å². The Morgan fingerprint density at radius 3 is 2.65 bits per heavy atom. The van der Waals surface area contributed by atoms with Crippen LogP contribution in [0.2, 0.25) is 0 Å². The summed E-state index contributed by atoms with van der Waals surface area (Å²) in [6, 6.07) is 10.6. The van der Waals surface area contributed by atoms with Gasteiger partial charge in [-0.1, -0.05) is 13.8 Å².